The minimum atomic E-state index is -0.356. The highest BCUT2D eigenvalue weighted by atomic mass is 14.5. The molecule has 0 radical (unpaired) electrons. The van der Waals surface area contributed by atoms with E-state index in [4.69, 9.17) is 0 Å². The maximum Gasteiger partial charge on any atom is 0.0713 e. The van der Waals surface area contributed by atoms with Gasteiger partial charge in [-0.15, -0.1) is 0 Å². The van der Waals surface area contributed by atoms with E-state index in [9.17, 15) is 0 Å². The first-order valence-corrected chi connectivity index (χ1v) is 12.9. The van der Waals surface area contributed by atoms with Crippen LogP contribution in [0.3, 0.4) is 0 Å². The van der Waals surface area contributed by atoms with E-state index >= 15 is 0 Å². The van der Waals surface area contributed by atoms with Gasteiger partial charge in [-0.25, -0.2) is 0 Å². The Bertz CT molecular complexity index is 1310. The van der Waals surface area contributed by atoms with E-state index in [1.165, 1.54) is 55.6 Å². The average Bonchev–Trinajstić information content (AvgIpc) is 3.07. The van der Waals surface area contributed by atoms with E-state index in [0.717, 1.165) is 0 Å². The largest absolute Gasteiger partial charge is 0.0713 e. The van der Waals surface area contributed by atoms with Gasteiger partial charge in [-0.1, -0.05) is 138 Å². The lowest BCUT2D eigenvalue weighted by atomic mass is 9.65. The Morgan fingerprint density at radius 3 is 1.26 bits per heavy atom. The molecule has 0 saturated carbocycles. The van der Waals surface area contributed by atoms with Gasteiger partial charge in [0.05, 0.1) is 5.41 Å². The van der Waals surface area contributed by atoms with Crippen LogP contribution >= 0.6 is 0 Å². The summed E-state index contributed by atoms with van der Waals surface area (Å²) in [6.45, 7) is 18.3. The molecule has 0 spiro atoms. The molecular weight excluding hydrogens is 420 g/mol. The lowest BCUT2D eigenvalue weighted by Crippen LogP contribution is -2.30. The molecule has 1 aliphatic rings. The van der Waals surface area contributed by atoms with Crippen molar-refractivity contribution >= 4 is 0 Å². The van der Waals surface area contributed by atoms with Crippen LogP contribution in [0, 0.1) is 13.8 Å². The quantitative estimate of drug-likeness (QED) is 0.247. The molecule has 0 saturated heterocycles. The third kappa shape index (κ3) is 3.75. The van der Waals surface area contributed by atoms with Crippen molar-refractivity contribution in [2.24, 2.45) is 0 Å². The van der Waals surface area contributed by atoms with Crippen LogP contribution in [0.2, 0.25) is 0 Å². The summed E-state index contributed by atoms with van der Waals surface area (Å²) in [5.41, 5.74) is 13.4. The van der Waals surface area contributed by atoms with Crippen LogP contribution in [0.15, 0.2) is 84.9 Å². The molecule has 0 amide bonds. The van der Waals surface area contributed by atoms with Gasteiger partial charge in [0.25, 0.3) is 0 Å². The molecule has 0 atom stereocenters. The van der Waals surface area contributed by atoms with Gasteiger partial charge in [-0.2, -0.15) is 0 Å². The maximum atomic E-state index is 2.47. The fraction of sp³-hybridized carbons (Fsp3) is 0.314. The summed E-state index contributed by atoms with van der Waals surface area (Å²) in [5, 5.41) is 0. The zero-order chi connectivity index (χ0) is 25.2. The monoisotopic (exact) mass is 458 g/mol. The molecule has 0 nitrogen and oxygen atoms in total. The number of benzene rings is 4. The number of aryl methyl sites for hydroxylation is 2. The second-order valence-electron chi connectivity index (χ2n) is 12.5. The first-order chi connectivity index (χ1) is 16.4. The minimum Gasteiger partial charge on any atom is -0.0616 e. The topological polar surface area (TPSA) is 0 Å². The van der Waals surface area contributed by atoms with Crippen LogP contribution in [0.25, 0.3) is 11.1 Å². The minimum absolute atomic E-state index is 0.0773. The molecule has 0 aromatic heterocycles. The summed E-state index contributed by atoms with van der Waals surface area (Å²) in [4.78, 5) is 0. The zero-order valence-corrected chi connectivity index (χ0v) is 22.6. The van der Waals surface area contributed by atoms with Crippen molar-refractivity contribution in [1.29, 1.82) is 0 Å². The molecule has 0 bridgehead atoms. The van der Waals surface area contributed by atoms with E-state index in [0.29, 0.717) is 0 Å². The molecule has 0 heterocycles. The van der Waals surface area contributed by atoms with Crippen molar-refractivity contribution in [2.75, 3.05) is 0 Å². The van der Waals surface area contributed by atoms with Gasteiger partial charge in [0.15, 0.2) is 0 Å². The second-order valence-corrected chi connectivity index (χ2v) is 12.5. The highest BCUT2D eigenvalue weighted by Crippen LogP contribution is 2.57. The predicted molar refractivity (Wildman–Crippen MR) is 151 cm³/mol. The van der Waals surface area contributed by atoms with Crippen molar-refractivity contribution in [1.82, 2.24) is 0 Å². The van der Waals surface area contributed by atoms with Gasteiger partial charge in [-0.05, 0) is 69.2 Å². The molecule has 4 aromatic carbocycles. The summed E-state index contributed by atoms with van der Waals surface area (Å²) >= 11 is 0. The molecule has 0 fully saturated rings. The normalized spacial score (nSPS) is 14.5. The lowest BCUT2D eigenvalue weighted by molar-refractivity contribution is 0.585. The van der Waals surface area contributed by atoms with Crippen LogP contribution in [0.4, 0.5) is 0 Å². The number of fused-ring (bicyclic) bond motifs is 3. The van der Waals surface area contributed by atoms with Crippen molar-refractivity contribution in [3.8, 4) is 11.1 Å². The summed E-state index contributed by atoms with van der Waals surface area (Å²) in [6.07, 6.45) is 0. The molecule has 0 heteroatoms. The lowest BCUT2D eigenvalue weighted by Gasteiger charge is -2.36. The SMILES string of the molecule is Cc1ccc2c(c1)C(c1cccc(C(C)(C)C)c1)(c1cccc(C(C)(C)C)c1)c1cc(C)ccc1-2. The van der Waals surface area contributed by atoms with Gasteiger partial charge in [0.2, 0.25) is 0 Å². The van der Waals surface area contributed by atoms with Gasteiger partial charge in [0, 0.05) is 0 Å². The predicted octanol–water partition coefficient (Wildman–Crippen LogP) is 9.26. The molecule has 0 N–H and O–H groups in total. The van der Waals surface area contributed by atoms with E-state index < -0.39 is 0 Å². The Hall–Kier alpha value is -3.12. The van der Waals surface area contributed by atoms with Crippen LogP contribution in [0.1, 0.15) is 86.1 Å². The Balaban J connectivity index is 1.97. The molecule has 178 valence electrons. The Morgan fingerprint density at radius 2 is 0.886 bits per heavy atom. The Labute approximate surface area is 212 Å². The van der Waals surface area contributed by atoms with Gasteiger partial charge in [0.1, 0.15) is 0 Å². The van der Waals surface area contributed by atoms with Crippen molar-refractivity contribution < 1.29 is 0 Å². The van der Waals surface area contributed by atoms with Crippen LogP contribution in [-0.4, -0.2) is 0 Å². The molecule has 1 aliphatic carbocycles. The number of hydrogen-bond acceptors (Lipinski definition) is 0. The van der Waals surface area contributed by atoms with Crippen molar-refractivity contribution in [3.63, 3.8) is 0 Å². The fourth-order valence-corrected chi connectivity index (χ4v) is 5.78. The summed E-state index contributed by atoms with van der Waals surface area (Å²) < 4.78 is 0. The fourth-order valence-electron chi connectivity index (χ4n) is 5.78. The number of rotatable bonds is 2. The second kappa shape index (κ2) is 7.95. The van der Waals surface area contributed by atoms with Crippen molar-refractivity contribution in [2.45, 2.75) is 71.6 Å². The maximum absolute atomic E-state index is 2.47. The van der Waals surface area contributed by atoms with E-state index in [1.54, 1.807) is 0 Å². The van der Waals surface area contributed by atoms with E-state index in [1.807, 2.05) is 0 Å². The number of hydrogen-bond donors (Lipinski definition) is 0. The molecule has 0 unspecified atom stereocenters. The average molecular weight is 459 g/mol. The molecule has 0 aliphatic heterocycles. The van der Waals surface area contributed by atoms with Gasteiger partial charge >= 0.3 is 0 Å². The van der Waals surface area contributed by atoms with Crippen LogP contribution in [-0.2, 0) is 16.2 Å². The summed E-state index contributed by atoms with van der Waals surface area (Å²) in [6, 6.07) is 32.8. The molecular formula is C35H38. The summed E-state index contributed by atoms with van der Waals surface area (Å²) in [7, 11) is 0. The van der Waals surface area contributed by atoms with E-state index in [2.05, 4.69) is 140 Å². The smallest absolute Gasteiger partial charge is 0.0616 e. The van der Waals surface area contributed by atoms with Gasteiger partial charge < -0.3 is 0 Å². The van der Waals surface area contributed by atoms with Crippen molar-refractivity contribution in [3.05, 3.63) is 129 Å². The molecule has 5 rings (SSSR count). The molecule has 4 aromatic rings. The standard InChI is InChI=1S/C35H38/c1-23-15-17-29-30-18-16-24(2)20-32(30)35(31(29)19-23,27-13-9-11-25(21-27)33(3,4)5)28-14-10-12-26(22-28)34(6,7)8/h9-22H,1-8H3. The molecule has 35 heavy (non-hydrogen) atoms. The van der Waals surface area contributed by atoms with E-state index in [-0.39, 0.29) is 16.2 Å². The first kappa shape index (κ1) is 23.6. The Kier molecular flexibility index (Phi) is 5.37. The first-order valence-electron chi connectivity index (χ1n) is 12.9. The summed E-state index contributed by atoms with van der Waals surface area (Å²) in [5.74, 6) is 0. The van der Waals surface area contributed by atoms with Crippen LogP contribution in [0.5, 0.6) is 0 Å². The highest BCUT2D eigenvalue weighted by Gasteiger charge is 2.46. The Morgan fingerprint density at radius 1 is 0.486 bits per heavy atom. The van der Waals surface area contributed by atoms with Crippen LogP contribution < -0.4 is 0 Å². The third-order valence-electron chi connectivity index (χ3n) is 7.77. The zero-order valence-electron chi connectivity index (χ0n) is 22.6. The van der Waals surface area contributed by atoms with Gasteiger partial charge in [-0.3, -0.25) is 0 Å². The third-order valence-corrected chi connectivity index (χ3v) is 7.77. The highest BCUT2D eigenvalue weighted by molar-refractivity contribution is 5.86.